The number of methoxy groups -OCH3 is 1. The van der Waals surface area contributed by atoms with Crippen LogP contribution in [0.4, 0.5) is 5.95 Å². The van der Waals surface area contributed by atoms with Gasteiger partial charge in [-0.25, -0.2) is 4.98 Å². The molecule has 4 nitrogen and oxygen atoms in total. The van der Waals surface area contributed by atoms with Crippen LogP contribution in [0.3, 0.4) is 0 Å². The first-order valence-corrected chi connectivity index (χ1v) is 7.57. The van der Waals surface area contributed by atoms with Crippen molar-refractivity contribution in [2.24, 2.45) is 5.92 Å². The summed E-state index contributed by atoms with van der Waals surface area (Å²) >= 11 is 0. The minimum Gasteiger partial charge on any atom is -0.497 e. The highest BCUT2D eigenvalue weighted by Gasteiger charge is 2.15. The van der Waals surface area contributed by atoms with Crippen LogP contribution >= 0.6 is 0 Å². The molecule has 4 heteroatoms. The summed E-state index contributed by atoms with van der Waals surface area (Å²) in [7, 11) is 1.69. The number of ether oxygens (including phenoxy) is 1. The van der Waals surface area contributed by atoms with Crippen molar-refractivity contribution in [2.75, 3.05) is 12.8 Å². The highest BCUT2D eigenvalue weighted by atomic mass is 16.5. The van der Waals surface area contributed by atoms with Crippen molar-refractivity contribution in [1.82, 2.24) is 9.55 Å². The van der Waals surface area contributed by atoms with Crippen molar-refractivity contribution in [3.8, 4) is 5.75 Å². The topological polar surface area (TPSA) is 53.1 Å². The Balaban J connectivity index is 1.73. The number of hydrogen-bond donors (Lipinski definition) is 1. The van der Waals surface area contributed by atoms with Crippen LogP contribution in [0.5, 0.6) is 5.75 Å². The van der Waals surface area contributed by atoms with Crippen LogP contribution in [0.2, 0.25) is 0 Å². The van der Waals surface area contributed by atoms with E-state index in [1.54, 1.807) is 7.11 Å². The standard InChI is InChI=1S/C16H23N3O/c1-20-13-8-9-14-15(11-13)19(16(17)18-14)10-4-7-12-5-2-3-6-12/h8-9,11-12H,2-7,10H2,1H3,(H2,17,18). The maximum atomic E-state index is 6.05. The molecular formula is C16H23N3O. The molecule has 108 valence electrons. The smallest absolute Gasteiger partial charge is 0.201 e. The Bertz CT molecular complexity index is 585. The summed E-state index contributed by atoms with van der Waals surface area (Å²) in [5.41, 5.74) is 8.08. The van der Waals surface area contributed by atoms with Gasteiger partial charge in [0.15, 0.2) is 0 Å². The molecule has 0 aliphatic heterocycles. The first-order valence-electron chi connectivity index (χ1n) is 7.57. The number of benzene rings is 1. The van der Waals surface area contributed by atoms with Gasteiger partial charge in [0.2, 0.25) is 5.95 Å². The molecule has 1 fully saturated rings. The van der Waals surface area contributed by atoms with Crippen LogP contribution < -0.4 is 10.5 Å². The van der Waals surface area contributed by atoms with Gasteiger partial charge in [-0.15, -0.1) is 0 Å². The molecule has 2 N–H and O–H groups in total. The van der Waals surface area contributed by atoms with E-state index in [1.807, 2.05) is 18.2 Å². The first-order chi connectivity index (χ1) is 9.78. The van der Waals surface area contributed by atoms with Crippen molar-refractivity contribution in [3.05, 3.63) is 18.2 Å². The molecule has 0 atom stereocenters. The minimum atomic E-state index is 0.611. The summed E-state index contributed by atoms with van der Waals surface area (Å²) in [4.78, 5) is 4.42. The first kappa shape index (κ1) is 13.3. The molecule has 1 aliphatic carbocycles. The van der Waals surface area contributed by atoms with Crippen LogP contribution in [0.1, 0.15) is 38.5 Å². The zero-order valence-corrected chi connectivity index (χ0v) is 12.1. The summed E-state index contributed by atoms with van der Waals surface area (Å²) in [5, 5.41) is 0. The van der Waals surface area contributed by atoms with Crippen LogP contribution in [0.25, 0.3) is 11.0 Å². The summed E-state index contributed by atoms with van der Waals surface area (Å²) in [6.45, 7) is 0.950. The number of aryl methyl sites for hydroxylation is 1. The maximum Gasteiger partial charge on any atom is 0.201 e. The number of nitrogen functional groups attached to an aromatic ring is 1. The van der Waals surface area contributed by atoms with Gasteiger partial charge in [0.1, 0.15) is 5.75 Å². The third-order valence-corrected chi connectivity index (χ3v) is 4.45. The zero-order chi connectivity index (χ0) is 13.9. The highest BCUT2D eigenvalue weighted by Crippen LogP contribution is 2.29. The summed E-state index contributed by atoms with van der Waals surface area (Å²) in [6.07, 6.45) is 8.14. The van der Waals surface area contributed by atoms with Gasteiger partial charge in [0, 0.05) is 12.6 Å². The molecule has 20 heavy (non-hydrogen) atoms. The molecule has 0 saturated heterocycles. The lowest BCUT2D eigenvalue weighted by atomic mass is 10.0. The largest absolute Gasteiger partial charge is 0.497 e. The van der Waals surface area contributed by atoms with Crippen molar-refractivity contribution >= 4 is 17.0 Å². The molecule has 3 rings (SSSR count). The molecule has 1 aromatic heterocycles. The van der Waals surface area contributed by atoms with E-state index in [0.717, 1.165) is 29.2 Å². The van der Waals surface area contributed by atoms with E-state index in [1.165, 1.54) is 38.5 Å². The third-order valence-electron chi connectivity index (χ3n) is 4.45. The minimum absolute atomic E-state index is 0.611. The van der Waals surface area contributed by atoms with Gasteiger partial charge < -0.3 is 15.0 Å². The Morgan fingerprint density at radius 1 is 1.35 bits per heavy atom. The van der Waals surface area contributed by atoms with Crippen molar-refractivity contribution in [1.29, 1.82) is 0 Å². The van der Waals surface area contributed by atoms with Gasteiger partial charge >= 0.3 is 0 Å². The lowest BCUT2D eigenvalue weighted by molar-refractivity contribution is 0.415. The zero-order valence-electron chi connectivity index (χ0n) is 12.1. The SMILES string of the molecule is COc1ccc2nc(N)n(CCCC3CCCC3)c2c1. The van der Waals surface area contributed by atoms with Crippen LogP contribution in [-0.4, -0.2) is 16.7 Å². The van der Waals surface area contributed by atoms with Gasteiger partial charge in [0.05, 0.1) is 18.1 Å². The molecule has 2 aromatic rings. The number of fused-ring (bicyclic) bond motifs is 1. The fourth-order valence-corrected chi connectivity index (χ4v) is 3.32. The second-order valence-corrected chi connectivity index (χ2v) is 5.77. The lowest BCUT2D eigenvalue weighted by Gasteiger charge is -2.10. The van der Waals surface area contributed by atoms with Gasteiger partial charge in [-0.1, -0.05) is 25.7 Å². The maximum absolute atomic E-state index is 6.05. The summed E-state index contributed by atoms with van der Waals surface area (Å²) < 4.78 is 7.41. The molecular weight excluding hydrogens is 250 g/mol. The molecule has 1 saturated carbocycles. The molecule has 0 bridgehead atoms. The van der Waals surface area contributed by atoms with E-state index in [2.05, 4.69) is 9.55 Å². The normalized spacial score (nSPS) is 16.1. The predicted octanol–water partition coefficient (Wildman–Crippen LogP) is 3.60. The van der Waals surface area contributed by atoms with Gasteiger partial charge in [-0.05, 0) is 30.9 Å². The van der Waals surface area contributed by atoms with Crippen LogP contribution in [-0.2, 0) is 6.54 Å². The van der Waals surface area contributed by atoms with Crippen LogP contribution in [0.15, 0.2) is 18.2 Å². The fraction of sp³-hybridized carbons (Fsp3) is 0.562. The number of aromatic nitrogens is 2. The van der Waals surface area contributed by atoms with Gasteiger partial charge in [0.25, 0.3) is 0 Å². The Hall–Kier alpha value is -1.71. The molecule has 1 aromatic carbocycles. The van der Waals surface area contributed by atoms with Gasteiger partial charge in [-0.2, -0.15) is 0 Å². The fourth-order valence-electron chi connectivity index (χ4n) is 3.32. The molecule has 1 aliphatic rings. The second-order valence-electron chi connectivity index (χ2n) is 5.77. The molecule has 1 heterocycles. The van der Waals surface area contributed by atoms with E-state index >= 15 is 0 Å². The van der Waals surface area contributed by atoms with E-state index in [9.17, 15) is 0 Å². The highest BCUT2D eigenvalue weighted by molar-refractivity contribution is 5.79. The Morgan fingerprint density at radius 3 is 2.90 bits per heavy atom. The average Bonchev–Trinajstić information content (AvgIpc) is 3.07. The molecule has 0 spiro atoms. The number of nitrogens with zero attached hydrogens (tertiary/aromatic N) is 2. The quantitative estimate of drug-likeness (QED) is 0.905. The summed E-state index contributed by atoms with van der Waals surface area (Å²) in [6, 6.07) is 5.92. The monoisotopic (exact) mass is 273 g/mol. The Kier molecular flexibility index (Phi) is 3.81. The van der Waals surface area contributed by atoms with Crippen molar-refractivity contribution < 1.29 is 4.74 Å². The van der Waals surface area contributed by atoms with Crippen molar-refractivity contribution in [3.63, 3.8) is 0 Å². The summed E-state index contributed by atoms with van der Waals surface area (Å²) in [5.74, 6) is 2.40. The second kappa shape index (κ2) is 5.73. The third kappa shape index (κ3) is 2.60. The van der Waals surface area contributed by atoms with E-state index in [0.29, 0.717) is 5.95 Å². The molecule has 0 unspecified atom stereocenters. The Morgan fingerprint density at radius 2 is 2.15 bits per heavy atom. The van der Waals surface area contributed by atoms with Crippen LogP contribution in [0, 0.1) is 5.92 Å². The predicted molar refractivity (Wildman–Crippen MR) is 81.9 cm³/mol. The van der Waals surface area contributed by atoms with E-state index in [-0.39, 0.29) is 0 Å². The number of hydrogen-bond acceptors (Lipinski definition) is 3. The lowest BCUT2D eigenvalue weighted by Crippen LogP contribution is -2.05. The Labute approximate surface area is 119 Å². The van der Waals surface area contributed by atoms with Crippen molar-refractivity contribution in [2.45, 2.75) is 45.1 Å². The molecule has 0 radical (unpaired) electrons. The number of anilines is 1. The average molecular weight is 273 g/mol. The van der Waals surface area contributed by atoms with Gasteiger partial charge in [-0.3, -0.25) is 0 Å². The number of rotatable bonds is 5. The van der Waals surface area contributed by atoms with E-state index < -0.39 is 0 Å². The number of imidazole rings is 1. The van der Waals surface area contributed by atoms with E-state index in [4.69, 9.17) is 10.5 Å². The molecule has 0 amide bonds. The number of nitrogens with two attached hydrogens (primary N) is 1.